The molecule has 0 radical (unpaired) electrons. The number of ether oxygens (including phenoxy) is 2. The van der Waals surface area contributed by atoms with E-state index in [0.29, 0.717) is 6.04 Å². The maximum atomic E-state index is 5.35. The fraction of sp³-hybridized carbons (Fsp3) is 0.438. The Kier molecular flexibility index (Phi) is 4.10. The quantitative estimate of drug-likeness (QED) is 0.939. The standard InChI is InChI=1S/C16H21N3O2/c1-20-13-7-12(8-14(9-13)21-2)19-11-17-10-16(19)15-5-3-4-6-18-15/h7-11,15,18H,3-6H2,1-2H3. The first-order chi connectivity index (χ1) is 10.3. The molecular weight excluding hydrogens is 266 g/mol. The molecule has 5 heteroatoms. The van der Waals surface area contributed by atoms with Crippen molar-refractivity contribution in [3.05, 3.63) is 36.4 Å². The van der Waals surface area contributed by atoms with E-state index in [1.165, 1.54) is 18.5 Å². The molecule has 2 heterocycles. The van der Waals surface area contributed by atoms with Gasteiger partial charge in [-0.15, -0.1) is 0 Å². The molecule has 1 saturated heterocycles. The lowest BCUT2D eigenvalue weighted by Gasteiger charge is -2.24. The Morgan fingerprint density at radius 3 is 2.52 bits per heavy atom. The van der Waals surface area contributed by atoms with Crippen molar-refractivity contribution in [1.82, 2.24) is 14.9 Å². The molecule has 1 fully saturated rings. The van der Waals surface area contributed by atoms with Crippen LogP contribution in [-0.4, -0.2) is 30.3 Å². The number of benzene rings is 1. The Morgan fingerprint density at radius 1 is 1.14 bits per heavy atom. The van der Waals surface area contributed by atoms with E-state index in [-0.39, 0.29) is 0 Å². The van der Waals surface area contributed by atoms with Gasteiger partial charge in [0.2, 0.25) is 0 Å². The first kappa shape index (κ1) is 13.9. The largest absolute Gasteiger partial charge is 0.497 e. The third kappa shape index (κ3) is 2.88. The molecule has 0 bridgehead atoms. The van der Waals surface area contributed by atoms with E-state index in [4.69, 9.17) is 9.47 Å². The summed E-state index contributed by atoms with van der Waals surface area (Å²) < 4.78 is 12.8. The predicted octanol–water partition coefficient (Wildman–Crippen LogP) is 2.70. The Labute approximate surface area is 124 Å². The smallest absolute Gasteiger partial charge is 0.124 e. The van der Waals surface area contributed by atoms with E-state index in [2.05, 4.69) is 14.9 Å². The molecule has 0 spiro atoms. The molecule has 1 aliphatic rings. The Hall–Kier alpha value is -2.01. The van der Waals surface area contributed by atoms with Gasteiger partial charge in [-0.25, -0.2) is 4.98 Å². The minimum atomic E-state index is 0.360. The van der Waals surface area contributed by atoms with Gasteiger partial charge in [-0.2, -0.15) is 0 Å². The highest BCUT2D eigenvalue weighted by molar-refractivity contribution is 5.47. The van der Waals surface area contributed by atoms with Crippen LogP contribution in [0.25, 0.3) is 5.69 Å². The van der Waals surface area contributed by atoms with E-state index in [1.54, 1.807) is 14.2 Å². The van der Waals surface area contributed by atoms with Crippen molar-refractivity contribution >= 4 is 0 Å². The lowest BCUT2D eigenvalue weighted by atomic mass is 10.0. The van der Waals surface area contributed by atoms with Gasteiger partial charge in [-0.1, -0.05) is 6.42 Å². The Morgan fingerprint density at radius 2 is 1.90 bits per heavy atom. The molecule has 21 heavy (non-hydrogen) atoms. The second kappa shape index (κ2) is 6.18. The van der Waals surface area contributed by atoms with Crippen molar-refractivity contribution in [1.29, 1.82) is 0 Å². The second-order valence-corrected chi connectivity index (χ2v) is 5.26. The van der Waals surface area contributed by atoms with Crippen molar-refractivity contribution in [3.8, 4) is 17.2 Å². The van der Waals surface area contributed by atoms with Crippen LogP contribution in [0.2, 0.25) is 0 Å². The van der Waals surface area contributed by atoms with Gasteiger partial charge in [-0.3, -0.25) is 0 Å². The van der Waals surface area contributed by atoms with Gasteiger partial charge in [0.15, 0.2) is 0 Å². The zero-order valence-corrected chi connectivity index (χ0v) is 12.5. The summed E-state index contributed by atoms with van der Waals surface area (Å²) in [7, 11) is 3.33. The summed E-state index contributed by atoms with van der Waals surface area (Å²) >= 11 is 0. The third-order valence-corrected chi connectivity index (χ3v) is 3.95. The molecule has 0 aliphatic carbocycles. The fourth-order valence-electron chi connectivity index (χ4n) is 2.81. The Balaban J connectivity index is 1.98. The molecule has 3 rings (SSSR count). The van der Waals surface area contributed by atoms with Crippen LogP contribution in [0, 0.1) is 0 Å². The van der Waals surface area contributed by atoms with Gasteiger partial charge in [0.25, 0.3) is 0 Å². The normalized spacial score (nSPS) is 18.5. The summed E-state index contributed by atoms with van der Waals surface area (Å²) in [5.41, 5.74) is 2.19. The average molecular weight is 287 g/mol. The van der Waals surface area contributed by atoms with Crippen molar-refractivity contribution in [2.45, 2.75) is 25.3 Å². The number of imidazole rings is 1. The fourth-order valence-corrected chi connectivity index (χ4v) is 2.81. The zero-order valence-electron chi connectivity index (χ0n) is 12.5. The molecule has 1 aliphatic heterocycles. The van der Waals surface area contributed by atoms with Crippen molar-refractivity contribution < 1.29 is 9.47 Å². The second-order valence-electron chi connectivity index (χ2n) is 5.26. The molecule has 112 valence electrons. The highest BCUT2D eigenvalue weighted by Crippen LogP contribution is 2.29. The predicted molar refractivity (Wildman–Crippen MR) is 81.3 cm³/mol. The third-order valence-electron chi connectivity index (χ3n) is 3.95. The lowest BCUT2D eigenvalue weighted by Crippen LogP contribution is -2.28. The minimum absolute atomic E-state index is 0.360. The average Bonchev–Trinajstić information content (AvgIpc) is 3.04. The molecule has 0 saturated carbocycles. The first-order valence-electron chi connectivity index (χ1n) is 7.31. The highest BCUT2D eigenvalue weighted by Gasteiger charge is 2.19. The SMILES string of the molecule is COc1cc(OC)cc(-n2cncc2C2CCCCN2)c1. The zero-order chi connectivity index (χ0) is 14.7. The van der Waals surface area contributed by atoms with Gasteiger partial charge >= 0.3 is 0 Å². The highest BCUT2D eigenvalue weighted by atomic mass is 16.5. The molecular formula is C16H21N3O2. The summed E-state index contributed by atoms with van der Waals surface area (Å²) in [6, 6.07) is 6.23. The molecule has 1 N–H and O–H groups in total. The molecule has 0 amide bonds. The van der Waals surface area contributed by atoms with Gasteiger partial charge in [-0.05, 0) is 19.4 Å². The van der Waals surface area contributed by atoms with Gasteiger partial charge in [0.1, 0.15) is 11.5 Å². The molecule has 1 unspecified atom stereocenters. The van der Waals surface area contributed by atoms with E-state index in [9.17, 15) is 0 Å². The van der Waals surface area contributed by atoms with Crippen LogP contribution in [0.3, 0.4) is 0 Å². The Bertz CT molecular complexity index is 581. The van der Waals surface area contributed by atoms with Crippen LogP contribution in [0.4, 0.5) is 0 Å². The van der Waals surface area contributed by atoms with Crippen LogP contribution < -0.4 is 14.8 Å². The van der Waals surface area contributed by atoms with Gasteiger partial charge < -0.3 is 19.4 Å². The first-order valence-corrected chi connectivity index (χ1v) is 7.31. The molecule has 1 aromatic heterocycles. The topological polar surface area (TPSA) is 48.3 Å². The van der Waals surface area contributed by atoms with E-state index in [0.717, 1.165) is 30.2 Å². The minimum Gasteiger partial charge on any atom is -0.497 e. The number of rotatable bonds is 4. The van der Waals surface area contributed by atoms with Crippen molar-refractivity contribution in [3.63, 3.8) is 0 Å². The van der Waals surface area contributed by atoms with Crippen LogP contribution in [0.1, 0.15) is 31.0 Å². The summed E-state index contributed by atoms with van der Waals surface area (Å²) in [6.45, 7) is 1.07. The number of hydrogen-bond acceptors (Lipinski definition) is 4. The summed E-state index contributed by atoms with van der Waals surface area (Å²) in [6.07, 6.45) is 7.43. The molecule has 2 aromatic rings. The van der Waals surface area contributed by atoms with Crippen LogP contribution in [-0.2, 0) is 0 Å². The summed E-state index contributed by atoms with van der Waals surface area (Å²) in [5.74, 6) is 1.56. The van der Waals surface area contributed by atoms with E-state index in [1.807, 2.05) is 30.7 Å². The molecule has 5 nitrogen and oxygen atoms in total. The van der Waals surface area contributed by atoms with Crippen LogP contribution in [0.15, 0.2) is 30.7 Å². The maximum absolute atomic E-state index is 5.35. The van der Waals surface area contributed by atoms with Gasteiger partial charge in [0.05, 0.1) is 38.1 Å². The number of nitrogens with zero attached hydrogens (tertiary/aromatic N) is 2. The number of aromatic nitrogens is 2. The number of methoxy groups -OCH3 is 2. The maximum Gasteiger partial charge on any atom is 0.124 e. The van der Waals surface area contributed by atoms with Crippen LogP contribution in [0.5, 0.6) is 11.5 Å². The lowest BCUT2D eigenvalue weighted by molar-refractivity contribution is 0.392. The van der Waals surface area contributed by atoms with E-state index >= 15 is 0 Å². The van der Waals surface area contributed by atoms with Gasteiger partial charge in [0, 0.05) is 24.2 Å². The number of piperidine rings is 1. The number of nitrogens with one attached hydrogen (secondary N) is 1. The number of hydrogen-bond donors (Lipinski definition) is 1. The monoisotopic (exact) mass is 287 g/mol. The summed E-state index contributed by atoms with van der Waals surface area (Å²) in [4.78, 5) is 4.33. The van der Waals surface area contributed by atoms with Crippen molar-refractivity contribution in [2.24, 2.45) is 0 Å². The summed E-state index contributed by atoms with van der Waals surface area (Å²) in [5, 5.41) is 3.57. The van der Waals surface area contributed by atoms with Crippen LogP contribution >= 0.6 is 0 Å². The van der Waals surface area contributed by atoms with Crippen molar-refractivity contribution in [2.75, 3.05) is 20.8 Å². The molecule has 1 atom stereocenters. The molecule has 1 aromatic carbocycles. The van der Waals surface area contributed by atoms with E-state index < -0.39 is 0 Å².